The van der Waals surface area contributed by atoms with E-state index >= 15 is 4.79 Å². The van der Waals surface area contributed by atoms with Crippen molar-refractivity contribution in [3.8, 4) is 28.1 Å². The molecule has 4 heterocycles. The van der Waals surface area contributed by atoms with Crippen LogP contribution >= 0.6 is 0 Å². The summed E-state index contributed by atoms with van der Waals surface area (Å²) in [5, 5.41) is 16.9. The molecule has 4 amide bonds. The van der Waals surface area contributed by atoms with Crippen molar-refractivity contribution in [2.24, 2.45) is 17.3 Å². The standard InChI is InChI=1S/C56H73N7O8/c1-12-48(65)61-23-21-40(32-61)52(67)60(10)49(35(4)5)51(66)57-56(13-2)29-36-24-41(27-43(64)25-36)37-19-20-47-44(28-37)45(30-55(6,7)34-71-53(68)46-16-15-22-63(58-46)54(56)69)50(62(47)14-3)38-17-18-39(31-59(8)9)42(26-38)33-70-11/h12-13,17-20,24-28,35,40,46,49,58,64H,1-2,14-16,21-23,29-34H2,3-11H3,(H,57,66)/t40-,46-,49-,56-/m0/s1. The van der Waals surface area contributed by atoms with Crippen LogP contribution in [0.2, 0.25) is 0 Å². The van der Waals surface area contributed by atoms with Crippen molar-refractivity contribution in [3.63, 3.8) is 0 Å². The van der Waals surface area contributed by atoms with Crippen molar-refractivity contribution in [1.29, 1.82) is 0 Å². The number of nitrogens with one attached hydrogen (secondary N) is 2. The Morgan fingerprint density at radius 1 is 0.972 bits per heavy atom. The first-order valence-corrected chi connectivity index (χ1v) is 24.9. The molecule has 3 aromatic carbocycles. The average Bonchev–Trinajstić information content (AvgIpc) is 3.95. The number of benzene rings is 3. The van der Waals surface area contributed by atoms with Gasteiger partial charge in [-0.2, -0.15) is 0 Å². The lowest BCUT2D eigenvalue weighted by Crippen LogP contribution is -2.67. The van der Waals surface area contributed by atoms with Gasteiger partial charge in [-0.15, -0.1) is 6.58 Å². The average molecular weight is 972 g/mol. The number of amides is 4. The molecule has 15 nitrogen and oxygen atoms in total. The Kier molecular flexibility index (Phi) is 16.0. The fourth-order valence-corrected chi connectivity index (χ4v) is 10.8. The minimum atomic E-state index is -1.83. The van der Waals surface area contributed by atoms with Crippen molar-refractivity contribution < 1.29 is 38.6 Å². The number of hydrogen-bond donors (Lipinski definition) is 3. The molecular weight excluding hydrogens is 899 g/mol. The molecule has 7 rings (SSSR count). The van der Waals surface area contributed by atoms with E-state index in [1.807, 2.05) is 26.0 Å². The Balaban J connectivity index is 1.35. The first-order valence-electron chi connectivity index (χ1n) is 24.9. The fraction of sp³-hybridized carbons (Fsp3) is 0.482. The first kappa shape index (κ1) is 52.5. The molecule has 4 aromatic rings. The third kappa shape index (κ3) is 11.1. The van der Waals surface area contributed by atoms with Gasteiger partial charge in [0.25, 0.3) is 5.91 Å². The van der Waals surface area contributed by atoms with Crippen molar-refractivity contribution in [3.05, 3.63) is 102 Å². The van der Waals surface area contributed by atoms with Crippen LogP contribution in [-0.4, -0.2) is 131 Å². The summed E-state index contributed by atoms with van der Waals surface area (Å²) in [6.45, 7) is 20.5. The maximum atomic E-state index is 15.2. The number of aromatic nitrogens is 1. The van der Waals surface area contributed by atoms with E-state index < -0.39 is 52.7 Å². The smallest absolute Gasteiger partial charge is 0.324 e. The number of hydrazine groups is 1. The highest BCUT2D eigenvalue weighted by Crippen LogP contribution is 2.41. The van der Waals surface area contributed by atoms with E-state index in [0.29, 0.717) is 56.5 Å². The number of likely N-dealkylation sites (tertiary alicyclic amines) is 1. The van der Waals surface area contributed by atoms with Crippen LogP contribution in [0.5, 0.6) is 5.75 Å². The lowest BCUT2D eigenvalue weighted by atomic mass is 9.84. The quantitative estimate of drug-likeness (QED) is 0.0753. The highest BCUT2D eigenvalue weighted by molar-refractivity contribution is 5.98. The molecule has 3 N–H and O–H groups in total. The molecule has 0 saturated carbocycles. The third-order valence-electron chi connectivity index (χ3n) is 14.3. The van der Waals surface area contributed by atoms with E-state index in [1.165, 1.54) is 27.6 Å². The van der Waals surface area contributed by atoms with Crippen LogP contribution < -0.4 is 10.7 Å². The lowest BCUT2D eigenvalue weighted by Gasteiger charge is -2.41. The normalized spacial score (nSPS) is 20.9. The number of rotatable bonds is 13. The fourth-order valence-electron chi connectivity index (χ4n) is 10.8. The number of fused-ring (bicyclic) bond motifs is 6. The number of phenolic OH excluding ortho intramolecular Hbond substituents is 1. The first-order chi connectivity index (χ1) is 33.7. The number of aryl methyl sites for hydroxylation is 1. The van der Waals surface area contributed by atoms with Crippen LogP contribution in [0.1, 0.15) is 76.1 Å². The van der Waals surface area contributed by atoms with Crippen LogP contribution in [0.25, 0.3) is 33.3 Å². The van der Waals surface area contributed by atoms with Crippen molar-refractivity contribution in [2.45, 2.75) is 104 Å². The number of likely N-dealkylation sites (N-methyl/N-ethyl adjacent to an activating group) is 1. The summed E-state index contributed by atoms with van der Waals surface area (Å²) in [5.41, 5.74) is 9.31. The second-order valence-corrected chi connectivity index (χ2v) is 21.0. The Labute approximate surface area is 418 Å². The summed E-state index contributed by atoms with van der Waals surface area (Å²) in [5.74, 6) is -3.17. The summed E-state index contributed by atoms with van der Waals surface area (Å²) in [4.78, 5) is 75.8. The van der Waals surface area contributed by atoms with E-state index in [4.69, 9.17) is 9.47 Å². The molecule has 71 heavy (non-hydrogen) atoms. The van der Waals surface area contributed by atoms with Gasteiger partial charge in [-0.05, 0) is 128 Å². The van der Waals surface area contributed by atoms with E-state index in [-0.39, 0.29) is 43.7 Å². The second-order valence-electron chi connectivity index (χ2n) is 21.0. The highest BCUT2D eigenvalue weighted by atomic mass is 16.5. The zero-order chi connectivity index (χ0) is 51.5. The van der Waals surface area contributed by atoms with Crippen LogP contribution in [-0.2, 0) is 66.0 Å². The van der Waals surface area contributed by atoms with Gasteiger partial charge in [-0.1, -0.05) is 64.6 Å². The van der Waals surface area contributed by atoms with Crippen molar-refractivity contribution in [2.75, 3.05) is 54.5 Å². The SMILES string of the molecule is C=CC(=O)N1CC[C@H](C(=O)N(C)[C@H](C(=O)N[C@@]2(C=C)Cc3cc(O)cc(c3)-c3ccc4c(c3)c(c(-c3ccc(CN(C)C)c(COC)c3)n4CC)CC(C)(C)COC(=O)[C@@H]3CCCN(N3)C2=O)C(C)C)C1. The number of esters is 1. The molecule has 380 valence electrons. The number of phenols is 1. The van der Waals surface area contributed by atoms with E-state index in [0.717, 1.165) is 45.4 Å². The Bertz CT molecular complexity index is 2710. The zero-order valence-corrected chi connectivity index (χ0v) is 43.1. The molecule has 4 atom stereocenters. The molecule has 3 aliphatic heterocycles. The predicted molar refractivity (Wildman–Crippen MR) is 276 cm³/mol. The molecule has 0 unspecified atom stereocenters. The topological polar surface area (TPSA) is 166 Å². The van der Waals surface area contributed by atoms with Gasteiger partial charge in [0, 0.05) is 69.6 Å². The molecule has 1 aromatic heterocycles. The van der Waals surface area contributed by atoms with Crippen LogP contribution in [0.15, 0.2) is 79.9 Å². The van der Waals surface area contributed by atoms with Crippen LogP contribution in [0, 0.1) is 17.3 Å². The Morgan fingerprint density at radius 2 is 1.72 bits per heavy atom. The lowest BCUT2D eigenvalue weighted by molar-refractivity contribution is -0.156. The number of hydrogen-bond acceptors (Lipinski definition) is 10. The molecule has 15 heteroatoms. The summed E-state index contributed by atoms with van der Waals surface area (Å²) in [6.07, 6.45) is 4.37. The van der Waals surface area contributed by atoms with E-state index in [1.54, 1.807) is 31.2 Å². The maximum Gasteiger partial charge on any atom is 0.324 e. The van der Waals surface area contributed by atoms with Gasteiger partial charge in [0.1, 0.15) is 23.4 Å². The monoisotopic (exact) mass is 972 g/mol. The summed E-state index contributed by atoms with van der Waals surface area (Å²) in [6, 6.07) is 16.2. The zero-order valence-electron chi connectivity index (χ0n) is 43.1. The summed E-state index contributed by atoms with van der Waals surface area (Å²) >= 11 is 0. The number of nitrogens with zero attached hydrogens (tertiary/aromatic N) is 5. The van der Waals surface area contributed by atoms with Crippen molar-refractivity contribution in [1.82, 2.24) is 35.0 Å². The van der Waals surface area contributed by atoms with Crippen LogP contribution in [0.3, 0.4) is 0 Å². The van der Waals surface area contributed by atoms with Crippen molar-refractivity contribution >= 4 is 40.5 Å². The number of methoxy groups -OCH3 is 1. The van der Waals surface area contributed by atoms with Crippen LogP contribution in [0.4, 0.5) is 0 Å². The molecule has 2 fully saturated rings. The summed E-state index contributed by atoms with van der Waals surface area (Å²) in [7, 11) is 7.38. The molecule has 0 radical (unpaired) electrons. The van der Waals surface area contributed by atoms with E-state index in [2.05, 4.69) is 98.6 Å². The predicted octanol–water partition coefficient (Wildman–Crippen LogP) is 6.63. The van der Waals surface area contributed by atoms with Gasteiger partial charge in [0.15, 0.2) is 0 Å². The molecule has 6 bridgehead atoms. The number of ether oxygens (including phenoxy) is 2. The number of aromatic hydroxyl groups is 1. The molecule has 0 aliphatic carbocycles. The number of carbonyl (C=O) groups is 5. The molecule has 2 saturated heterocycles. The highest BCUT2D eigenvalue weighted by Gasteiger charge is 2.46. The Hall–Kier alpha value is -6.29. The minimum Gasteiger partial charge on any atom is -0.508 e. The maximum absolute atomic E-state index is 15.2. The summed E-state index contributed by atoms with van der Waals surface area (Å²) < 4.78 is 14.2. The molecular formula is C56H73N7O8. The second kappa shape index (κ2) is 21.6. The largest absolute Gasteiger partial charge is 0.508 e. The molecule has 3 aliphatic rings. The van der Waals surface area contributed by atoms with Gasteiger partial charge in [0.05, 0.1) is 24.8 Å². The van der Waals surface area contributed by atoms with Gasteiger partial charge in [-0.3, -0.25) is 29.0 Å². The van der Waals surface area contributed by atoms with Gasteiger partial charge < -0.3 is 39.2 Å². The number of carbonyl (C=O) groups excluding carboxylic acids is 5. The number of cyclic esters (lactones) is 1. The van der Waals surface area contributed by atoms with Gasteiger partial charge in [0.2, 0.25) is 17.7 Å². The Morgan fingerprint density at radius 3 is 2.39 bits per heavy atom. The third-order valence-corrected chi connectivity index (χ3v) is 14.3. The minimum absolute atomic E-state index is 0.0368. The molecule has 0 spiro atoms. The van der Waals surface area contributed by atoms with Gasteiger partial charge in [-0.25, -0.2) is 5.43 Å². The van der Waals surface area contributed by atoms with Gasteiger partial charge >= 0.3 is 5.97 Å². The van der Waals surface area contributed by atoms with E-state index in [9.17, 15) is 24.3 Å².